The zero-order valence-electron chi connectivity index (χ0n) is 13.6. The number of carbonyl (C=O) groups is 1. The molecular weight excluding hydrogens is 320 g/mol. The second-order valence-electron chi connectivity index (χ2n) is 4.91. The van der Waals surface area contributed by atoms with Gasteiger partial charge in [0, 0.05) is 0 Å². The fourth-order valence-electron chi connectivity index (χ4n) is 1.74. The van der Waals surface area contributed by atoms with Crippen molar-refractivity contribution < 1.29 is 27.4 Å². The van der Waals surface area contributed by atoms with Crippen LogP contribution >= 0.6 is 0 Å². The SMILES string of the molecule is CCOC(=O)CCOCCOCCS(=O)(=O)c1ccc(C)cc1. The van der Waals surface area contributed by atoms with E-state index < -0.39 is 9.84 Å². The van der Waals surface area contributed by atoms with Crippen molar-refractivity contribution in [3.8, 4) is 0 Å². The Labute approximate surface area is 137 Å². The maximum Gasteiger partial charge on any atom is 0.308 e. The first-order chi connectivity index (χ1) is 11.0. The fourth-order valence-corrected chi connectivity index (χ4v) is 2.87. The summed E-state index contributed by atoms with van der Waals surface area (Å²) in [5.74, 6) is -0.364. The zero-order valence-corrected chi connectivity index (χ0v) is 14.4. The second-order valence-corrected chi connectivity index (χ2v) is 7.02. The third-order valence-electron chi connectivity index (χ3n) is 3.00. The number of benzene rings is 1. The summed E-state index contributed by atoms with van der Waals surface area (Å²) in [6.07, 6.45) is 0.204. The average molecular weight is 344 g/mol. The summed E-state index contributed by atoms with van der Waals surface area (Å²) in [4.78, 5) is 11.3. The summed E-state index contributed by atoms with van der Waals surface area (Å²) >= 11 is 0. The lowest BCUT2D eigenvalue weighted by atomic mass is 10.2. The number of sulfone groups is 1. The molecule has 7 heteroatoms. The Bertz CT molecular complexity index is 565. The van der Waals surface area contributed by atoms with Gasteiger partial charge in [0.25, 0.3) is 0 Å². The number of esters is 1. The van der Waals surface area contributed by atoms with Crippen molar-refractivity contribution in [2.75, 3.05) is 38.8 Å². The molecule has 0 N–H and O–H groups in total. The van der Waals surface area contributed by atoms with E-state index in [-0.39, 0.29) is 38.0 Å². The number of hydrogen-bond donors (Lipinski definition) is 0. The molecule has 0 amide bonds. The minimum atomic E-state index is -3.32. The van der Waals surface area contributed by atoms with Crippen molar-refractivity contribution in [2.24, 2.45) is 0 Å². The van der Waals surface area contributed by atoms with E-state index in [1.807, 2.05) is 6.92 Å². The Kier molecular flexibility index (Phi) is 8.83. The van der Waals surface area contributed by atoms with Crippen molar-refractivity contribution in [3.63, 3.8) is 0 Å². The zero-order chi connectivity index (χ0) is 17.1. The lowest BCUT2D eigenvalue weighted by Crippen LogP contribution is -2.15. The molecule has 1 aromatic carbocycles. The van der Waals surface area contributed by atoms with Gasteiger partial charge in [-0.1, -0.05) is 17.7 Å². The van der Waals surface area contributed by atoms with E-state index in [0.29, 0.717) is 18.1 Å². The van der Waals surface area contributed by atoms with Gasteiger partial charge < -0.3 is 14.2 Å². The normalized spacial score (nSPS) is 11.4. The molecule has 130 valence electrons. The molecule has 1 aromatic rings. The van der Waals surface area contributed by atoms with E-state index in [2.05, 4.69) is 0 Å². The standard InChI is InChI=1S/C16H24O6S/c1-3-22-16(17)8-9-20-10-11-21-12-13-23(18,19)15-6-4-14(2)5-7-15/h4-7H,3,8-13H2,1-2H3. The summed E-state index contributed by atoms with van der Waals surface area (Å²) < 4.78 is 39.3. The molecule has 6 nitrogen and oxygen atoms in total. The first-order valence-electron chi connectivity index (χ1n) is 7.56. The summed E-state index contributed by atoms with van der Waals surface area (Å²) in [5.41, 5.74) is 1.01. The van der Waals surface area contributed by atoms with Crippen LogP contribution in [0.2, 0.25) is 0 Å². The van der Waals surface area contributed by atoms with Crippen LogP contribution in [0.15, 0.2) is 29.2 Å². The van der Waals surface area contributed by atoms with Crippen LogP contribution in [0.4, 0.5) is 0 Å². The van der Waals surface area contributed by atoms with Crippen LogP contribution in [0.3, 0.4) is 0 Å². The lowest BCUT2D eigenvalue weighted by molar-refractivity contribution is -0.144. The highest BCUT2D eigenvalue weighted by atomic mass is 32.2. The van der Waals surface area contributed by atoms with Gasteiger partial charge in [-0.3, -0.25) is 4.79 Å². The molecular formula is C16H24O6S. The summed E-state index contributed by atoms with van der Waals surface area (Å²) in [6, 6.07) is 6.74. The van der Waals surface area contributed by atoms with Crippen molar-refractivity contribution in [2.45, 2.75) is 25.2 Å². The van der Waals surface area contributed by atoms with Crippen molar-refractivity contribution >= 4 is 15.8 Å². The lowest BCUT2D eigenvalue weighted by Gasteiger charge is -2.07. The van der Waals surface area contributed by atoms with Gasteiger partial charge in [0.15, 0.2) is 9.84 Å². The molecule has 1 rings (SSSR count). The molecule has 23 heavy (non-hydrogen) atoms. The first kappa shape index (κ1) is 19.6. The van der Waals surface area contributed by atoms with E-state index >= 15 is 0 Å². The molecule has 0 saturated heterocycles. The highest BCUT2D eigenvalue weighted by Gasteiger charge is 2.13. The largest absolute Gasteiger partial charge is 0.466 e. The topological polar surface area (TPSA) is 78.9 Å². The molecule has 0 heterocycles. The Morgan fingerprint density at radius 3 is 2.22 bits per heavy atom. The molecule has 0 bridgehead atoms. The highest BCUT2D eigenvalue weighted by Crippen LogP contribution is 2.11. The molecule has 0 unspecified atom stereocenters. The van der Waals surface area contributed by atoms with Crippen LogP contribution in [-0.4, -0.2) is 53.2 Å². The smallest absolute Gasteiger partial charge is 0.308 e. The van der Waals surface area contributed by atoms with Crippen molar-refractivity contribution in [3.05, 3.63) is 29.8 Å². The number of carbonyl (C=O) groups excluding carboxylic acids is 1. The fraction of sp³-hybridized carbons (Fsp3) is 0.562. The molecule has 0 saturated carbocycles. The van der Waals surface area contributed by atoms with Crippen molar-refractivity contribution in [1.29, 1.82) is 0 Å². The molecule has 0 aliphatic carbocycles. The van der Waals surface area contributed by atoms with Crippen LogP contribution in [0, 0.1) is 6.92 Å². The predicted octanol–water partition coefficient (Wildman–Crippen LogP) is 1.76. The second kappa shape index (κ2) is 10.4. The Morgan fingerprint density at radius 1 is 1.00 bits per heavy atom. The van der Waals surface area contributed by atoms with E-state index in [1.165, 1.54) is 0 Å². The Morgan fingerprint density at radius 2 is 1.61 bits per heavy atom. The van der Waals surface area contributed by atoms with Crippen LogP contribution < -0.4 is 0 Å². The molecule has 0 atom stereocenters. The van der Waals surface area contributed by atoms with Crippen LogP contribution in [0.5, 0.6) is 0 Å². The quantitative estimate of drug-likeness (QED) is 0.449. The number of rotatable bonds is 11. The van der Waals surface area contributed by atoms with Gasteiger partial charge in [0.2, 0.25) is 0 Å². The van der Waals surface area contributed by atoms with E-state index in [0.717, 1.165) is 5.56 Å². The van der Waals surface area contributed by atoms with Gasteiger partial charge in [-0.2, -0.15) is 0 Å². The predicted molar refractivity (Wildman–Crippen MR) is 86.1 cm³/mol. The molecule has 0 radical (unpaired) electrons. The van der Waals surface area contributed by atoms with Gasteiger partial charge >= 0.3 is 5.97 Å². The molecule has 0 aliphatic heterocycles. The monoisotopic (exact) mass is 344 g/mol. The van der Waals surface area contributed by atoms with Crippen LogP contribution in [0.1, 0.15) is 18.9 Å². The number of hydrogen-bond acceptors (Lipinski definition) is 6. The van der Waals surface area contributed by atoms with Crippen LogP contribution in [-0.2, 0) is 28.8 Å². The maximum atomic E-state index is 12.1. The minimum absolute atomic E-state index is 0.0705. The summed E-state index contributed by atoms with van der Waals surface area (Å²) in [5, 5.41) is 0. The van der Waals surface area contributed by atoms with E-state index in [9.17, 15) is 13.2 Å². The van der Waals surface area contributed by atoms with E-state index in [1.54, 1.807) is 31.2 Å². The average Bonchev–Trinajstić information content (AvgIpc) is 2.50. The van der Waals surface area contributed by atoms with E-state index in [4.69, 9.17) is 14.2 Å². The van der Waals surface area contributed by atoms with Gasteiger partial charge in [0.05, 0.1) is 50.1 Å². The summed E-state index contributed by atoms with van der Waals surface area (Å²) in [7, 11) is -3.32. The highest BCUT2D eigenvalue weighted by molar-refractivity contribution is 7.91. The Hall–Kier alpha value is -1.44. The number of aryl methyl sites for hydroxylation is 1. The summed E-state index contributed by atoms with van der Waals surface area (Å²) in [6.45, 7) is 4.98. The third kappa shape index (κ3) is 8.11. The third-order valence-corrected chi connectivity index (χ3v) is 4.70. The Balaban J connectivity index is 2.13. The van der Waals surface area contributed by atoms with Crippen LogP contribution in [0.25, 0.3) is 0 Å². The van der Waals surface area contributed by atoms with Crippen molar-refractivity contribution in [1.82, 2.24) is 0 Å². The van der Waals surface area contributed by atoms with Gasteiger partial charge in [-0.15, -0.1) is 0 Å². The molecule has 0 spiro atoms. The molecule has 0 fully saturated rings. The van der Waals surface area contributed by atoms with Gasteiger partial charge in [-0.25, -0.2) is 8.42 Å². The number of ether oxygens (including phenoxy) is 3. The maximum absolute atomic E-state index is 12.1. The minimum Gasteiger partial charge on any atom is -0.466 e. The molecule has 0 aliphatic rings. The van der Waals surface area contributed by atoms with Gasteiger partial charge in [-0.05, 0) is 26.0 Å². The first-order valence-corrected chi connectivity index (χ1v) is 9.21. The van der Waals surface area contributed by atoms with Gasteiger partial charge in [0.1, 0.15) is 0 Å². The molecule has 0 aromatic heterocycles.